The first-order chi connectivity index (χ1) is 10.1. The minimum atomic E-state index is 0.559. The molecule has 1 aromatic heterocycles. The molecule has 0 radical (unpaired) electrons. The molecule has 0 saturated heterocycles. The Hall–Kier alpha value is -1.74. The van der Waals surface area contributed by atoms with Crippen LogP contribution in [0, 0.1) is 20.8 Å². The van der Waals surface area contributed by atoms with E-state index in [0.717, 1.165) is 29.4 Å². The van der Waals surface area contributed by atoms with Crippen molar-refractivity contribution in [2.75, 3.05) is 0 Å². The highest BCUT2D eigenvalue weighted by Gasteiger charge is 2.21. The van der Waals surface area contributed by atoms with E-state index < -0.39 is 0 Å². The Morgan fingerprint density at radius 3 is 2.81 bits per heavy atom. The van der Waals surface area contributed by atoms with Gasteiger partial charge in [-0.05, 0) is 56.9 Å². The van der Waals surface area contributed by atoms with Gasteiger partial charge in [-0.3, -0.25) is 0 Å². The molecule has 2 aromatic rings. The predicted octanol–water partition coefficient (Wildman–Crippen LogP) is 4.04. The van der Waals surface area contributed by atoms with Crippen LogP contribution in [0.25, 0.3) is 0 Å². The van der Waals surface area contributed by atoms with E-state index in [1.807, 2.05) is 19.1 Å². The molecule has 3 nitrogen and oxygen atoms in total. The molecule has 1 fully saturated rings. The van der Waals surface area contributed by atoms with Crippen LogP contribution in [0.5, 0.6) is 5.75 Å². The van der Waals surface area contributed by atoms with Crippen LogP contribution in [0.3, 0.4) is 0 Å². The van der Waals surface area contributed by atoms with Crippen molar-refractivity contribution >= 4 is 0 Å². The monoisotopic (exact) mass is 285 g/mol. The smallest absolute Gasteiger partial charge is 0.122 e. The van der Waals surface area contributed by atoms with E-state index in [2.05, 4.69) is 31.3 Å². The van der Waals surface area contributed by atoms with E-state index in [1.165, 1.54) is 24.0 Å². The largest absolute Gasteiger partial charge is 0.488 e. The molecular weight excluding hydrogens is 262 g/mol. The first-order valence-corrected chi connectivity index (χ1v) is 7.64. The molecule has 1 aliphatic carbocycles. The van der Waals surface area contributed by atoms with Crippen LogP contribution in [0.1, 0.15) is 41.1 Å². The molecule has 0 amide bonds. The zero-order valence-corrected chi connectivity index (χ0v) is 13.0. The average molecular weight is 285 g/mol. The zero-order valence-electron chi connectivity index (χ0n) is 13.0. The Bertz CT molecular complexity index is 626. The Kier molecular flexibility index (Phi) is 4.02. The fourth-order valence-electron chi connectivity index (χ4n) is 2.39. The van der Waals surface area contributed by atoms with Crippen molar-refractivity contribution in [2.24, 2.45) is 0 Å². The van der Waals surface area contributed by atoms with Crippen molar-refractivity contribution < 1.29 is 9.15 Å². The Labute approximate surface area is 126 Å². The Balaban J connectivity index is 1.62. The lowest BCUT2D eigenvalue weighted by Gasteiger charge is -2.10. The summed E-state index contributed by atoms with van der Waals surface area (Å²) < 4.78 is 11.7. The second-order valence-electron chi connectivity index (χ2n) is 5.94. The van der Waals surface area contributed by atoms with E-state index >= 15 is 0 Å². The van der Waals surface area contributed by atoms with Crippen molar-refractivity contribution in [1.82, 2.24) is 5.32 Å². The Morgan fingerprint density at radius 2 is 2.05 bits per heavy atom. The van der Waals surface area contributed by atoms with Crippen molar-refractivity contribution in [3.8, 4) is 5.75 Å². The summed E-state index contributed by atoms with van der Waals surface area (Å²) in [6.45, 7) is 7.57. The van der Waals surface area contributed by atoms with E-state index in [1.54, 1.807) is 0 Å². The van der Waals surface area contributed by atoms with Crippen molar-refractivity contribution in [3.05, 3.63) is 52.5 Å². The summed E-state index contributed by atoms with van der Waals surface area (Å²) in [5.41, 5.74) is 3.59. The molecule has 0 aliphatic heterocycles. The molecule has 1 saturated carbocycles. The van der Waals surface area contributed by atoms with Crippen molar-refractivity contribution in [1.29, 1.82) is 0 Å². The third-order valence-electron chi connectivity index (χ3n) is 4.15. The second-order valence-corrected chi connectivity index (χ2v) is 5.94. The van der Waals surface area contributed by atoms with Gasteiger partial charge in [0.25, 0.3) is 0 Å². The second kappa shape index (κ2) is 5.94. The van der Waals surface area contributed by atoms with Gasteiger partial charge < -0.3 is 14.5 Å². The van der Waals surface area contributed by atoms with E-state index in [0.29, 0.717) is 12.6 Å². The SMILES string of the molecule is Cc1cccc(OCc2cc(CNC3CC3)oc2C)c1C. The van der Waals surface area contributed by atoms with Gasteiger partial charge in [0.2, 0.25) is 0 Å². The molecule has 1 aromatic carbocycles. The number of hydrogen-bond donors (Lipinski definition) is 1. The average Bonchev–Trinajstić information content (AvgIpc) is 3.22. The van der Waals surface area contributed by atoms with Crippen molar-refractivity contribution in [2.45, 2.75) is 52.8 Å². The molecule has 0 bridgehead atoms. The van der Waals surface area contributed by atoms with Crippen LogP contribution in [-0.2, 0) is 13.2 Å². The molecular formula is C18H23NO2. The molecule has 3 heteroatoms. The predicted molar refractivity (Wildman–Crippen MR) is 83.6 cm³/mol. The minimum Gasteiger partial charge on any atom is -0.488 e. The van der Waals surface area contributed by atoms with Crippen LogP contribution >= 0.6 is 0 Å². The molecule has 0 spiro atoms. The third kappa shape index (κ3) is 3.48. The fourth-order valence-corrected chi connectivity index (χ4v) is 2.39. The van der Waals surface area contributed by atoms with Gasteiger partial charge in [-0.1, -0.05) is 12.1 Å². The first kappa shape index (κ1) is 14.2. The van der Waals surface area contributed by atoms with Gasteiger partial charge in [0, 0.05) is 11.6 Å². The lowest BCUT2D eigenvalue weighted by molar-refractivity contribution is 0.300. The fraction of sp³-hybridized carbons (Fsp3) is 0.444. The van der Waals surface area contributed by atoms with Crippen LogP contribution in [0.4, 0.5) is 0 Å². The number of ether oxygens (including phenoxy) is 1. The number of furan rings is 1. The normalized spacial score (nSPS) is 14.4. The van der Waals surface area contributed by atoms with Gasteiger partial charge in [0.05, 0.1) is 6.54 Å². The number of aryl methyl sites for hydroxylation is 2. The summed E-state index contributed by atoms with van der Waals surface area (Å²) in [5.74, 6) is 2.90. The maximum atomic E-state index is 5.96. The van der Waals surface area contributed by atoms with Crippen LogP contribution in [0.15, 0.2) is 28.7 Å². The lowest BCUT2D eigenvalue weighted by Crippen LogP contribution is -2.14. The summed E-state index contributed by atoms with van der Waals surface area (Å²) in [5, 5.41) is 3.47. The van der Waals surface area contributed by atoms with Gasteiger partial charge in [0.1, 0.15) is 23.9 Å². The van der Waals surface area contributed by atoms with Gasteiger partial charge in [0.15, 0.2) is 0 Å². The minimum absolute atomic E-state index is 0.559. The molecule has 112 valence electrons. The number of nitrogens with one attached hydrogen (secondary N) is 1. The van der Waals surface area contributed by atoms with Gasteiger partial charge in [-0.15, -0.1) is 0 Å². The Morgan fingerprint density at radius 1 is 1.24 bits per heavy atom. The summed E-state index contributed by atoms with van der Waals surface area (Å²) in [4.78, 5) is 0. The molecule has 1 aliphatic rings. The molecule has 0 atom stereocenters. The number of benzene rings is 1. The zero-order chi connectivity index (χ0) is 14.8. The van der Waals surface area contributed by atoms with Crippen molar-refractivity contribution in [3.63, 3.8) is 0 Å². The van der Waals surface area contributed by atoms with E-state index in [4.69, 9.17) is 9.15 Å². The molecule has 0 unspecified atom stereocenters. The molecule has 1 N–H and O–H groups in total. The molecule has 1 heterocycles. The van der Waals surface area contributed by atoms with Gasteiger partial charge in [-0.25, -0.2) is 0 Å². The summed E-state index contributed by atoms with van der Waals surface area (Å²) in [7, 11) is 0. The topological polar surface area (TPSA) is 34.4 Å². The summed E-state index contributed by atoms with van der Waals surface area (Å²) in [6, 6.07) is 8.96. The van der Waals surface area contributed by atoms with Crippen LogP contribution in [-0.4, -0.2) is 6.04 Å². The first-order valence-electron chi connectivity index (χ1n) is 7.64. The standard InChI is InChI=1S/C18H23NO2/c1-12-5-4-6-18(13(12)2)20-11-15-9-17(21-14(15)3)10-19-16-7-8-16/h4-6,9,16,19H,7-8,10-11H2,1-3H3. The lowest BCUT2D eigenvalue weighted by atomic mass is 10.1. The summed E-state index contributed by atoms with van der Waals surface area (Å²) in [6.07, 6.45) is 2.59. The summed E-state index contributed by atoms with van der Waals surface area (Å²) >= 11 is 0. The van der Waals surface area contributed by atoms with Crippen LogP contribution in [0.2, 0.25) is 0 Å². The maximum absolute atomic E-state index is 5.96. The molecule has 21 heavy (non-hydrogen) atoms. The van der Waals surface area contributed by atoms with Crippen LogP contribution < -0.4 is 10.1 Å². The van der Waals surface area contributed by atoms with E-state index in [-0.39, 0.29) is 0 Å². The van der Waals surface area contributed by atoms with E-state index in [9.17, 15) is 0 Å². The highest BCUT2D eigenvalue weighted by Crippen LogP contribution is 2.24. The third-order valence-corrected chi connectivity index (χ3v) is 4.15. The highest BCUT2D eigenvalue weighted by atomic mass is 16.5. The quantitative estimate of drug-likeness (QED) is 0.870. The highest BCUT2D eigenvalue weighted by molar-refractivity contribution is 5.38. The maximum Gasteiger partial charge on any atom is 0.122 e. The number of hydrogen-bond acceptors (Lipinski definition) is 3. The van der Waals surface area contributed by atoms with Gasteiger partial charge in [-0.2, -0.15) is 0 Å². The molecule has 3 rings (SSSR count). The number of rotatable bonds is 6. The van der Waals surface area contributed by atoms with Gasteiger partial charge >= 0.3 is 0 Å².